The fourth-order valence-electron chi connectivity index (χ4n) is 0.298. The van der Waals surface area contributed by atoms with E-state index >= 15 is 0 Å². The summed E-state index contributed by atoms with van der Waals surface area (Å²) in [6, 6.07) is 0. The third kappa shape index (κ3) is 4.02. The first-order valence-corrected chi connectivity index (χ1v) is 2.63. The van der Waals surface area contributed by atoms with Crippen molar-refractivity contribution < 1.29 is 14.2 Å². The van der Waals surface area contributed by atoms with E-state index in [-0.39, 0.29) is 6.61 Å². The van der Waals surface area contributed by atoms with Gasteiger partial charge in [-0.05, 0) is 6.92 Å². The highest BCUT2D eigenvalue weighted by Crippen LogP contribution is 1.84. The van der Waals surface area contributed by atoms with Crippen LogP contribution in [0.5, 0.6) is 0 Å². The van der Waals surface area contributed by atoms with Crippen molar-refractivity contribution in [2.24, 2.45) is 0 Å². The first-order chi connectivity index (χ1) is 3.81. The van der Waals surface area contributed by atoms with Gasteiger partial charge in [0.1, 0.15) is 12.8 Å². The van der Waals surface area contributed by atoms with Crippen LogP contribution in [0.1, 0.15) is 6.92 Å². The molecule has 0 aromatic heterocycles. The quantitative estimate of drug-likeness (QED) is 0.583. The van der Waals surface area contributed by atoms with E-state index in [1.165, 1.54) is 0 Å². The lowest BCUT2D eigenvalue weighted by Gasteiger charge is -2.03. The number of ether oxygens (including phenoxy) is 1. The second kappa shape index (κ2) is 5.00. The summed E-state index contributed by atoms with van der Waals surface area (Å²) in [6.07, 6.45) is -0.935. The highest BCUT2D eigenvalue weighted by Gasteiger charge is 1.99. The molecule has 0 saturated carbocycles. The van der Waals surface area contributed by atoms with E-state index in [0.29, 0.717) is 6.61 Å². The normalized spacial score (nSPS) is 13.9. The predicted octanol–water partition coefficient (Wildman–Crippen LogP) is 0.353. The molecular weight excluding hydrogens is 111 g/mol. The van der Waals surface area contributed by atoms with E-state index in [9.17, 15) is 4.39 Å². The molecule has 0 fully saturated rings. The third-order valence-corrected chi connectivity index (χ3v) is 0.692. The molecule has 0 aliphatic rings. The molecule has 0 amide bonds. The van der Waals surface area contributed by atoms with Gasteiger partial charge in [-0.1, -0.05) is 0 Å². The summed E-state index contributed by atoms with van der Waals surface area (Å²) in [6.45, 7) is 1.70. The van der Waals surface area contributed by atoms with Crippen molar-refractivity contribution in [2.75, 3.05) is 19.9 Å². The number of rotatable bonds is 4. The molecule has 1 atom stereocenters. The molecule has 0 aromatic carbocycles. The topological polar surface area (TPSA) is 29.5 Å². The Bertz CT molecular complexity index is 49.7. The molecule has 8 heavy (non-hydrogen) atoms. The van der Waals surface area contributed by atoms with Gasteiger partial charge in [-0.25, -0.2) is 4.39 Å². The Morgan fingerprint density at radius 2 is 2.38 bits per heavy atom. The molecule has 0 radical (unpaired) electrons. The minimum absolute atomic E-state index is 0.104. The summed E-state index contributed by atoms with van der Waals surface area (Å²) in [4.78, 5) is 0. The van der Waals surface area contributed by atoms with E-state index in [1.807, 2.05) is 0 Å². The molecule has 0 aromatic rings. The van der Waals surface area contributed by atoms with Gasteiger partial charge in [-0.3, -0.25) is 0 Å². The van der Waals surface area contributed by atoms with Crippen molar-refractivity contribution in [2.45, 2.75) is 13.0 Å². The lowest BCUT2D eigenvalue weighted by Crippen LogP contribution is -2.16. The standard InChI is InChI=1S/C5H11FO2/c1-2-8-4-5(7)3-6/h5,7H,2-4H2,1H3. The Kier molecular flexibility index (Phi) is 4.90. The number of aliphatic hydroxyl groups excluding tert-OH is 1. The zero-order valence-electron chi connectivity index (χ0n) is 4.93. The lowest BCUT2D eigenvalue weighted by atomic mass is 10.4. The average Bonchev–Trinajstić information content (AvgIpc) is 1.83. The Hall–Kier alpha value is -0.150. The molecule has 0 saturated heterocycles. The van der Waals surface area contributed by atoms with Crippen molar-refractivity contribution >= 4 is 0 Å². The van der Waals surface area contributed by atoms with E-state index in [4.69, 9.17) is 9.84 Å². The molecule has 0 aliphatic heterocycles. The Morgan fingerprint density at radius 1 is 1.75 bits per heavy atom. The number of hydrogen-bond acceptors (Lipinski definition) is 2. The zero-order chi connectivity index (χ0) is 6.41. The highest BCUT2D eigenvalue weighted by molar-refractivity contribution is 4.47. The van der Waals surface area contributed by atoms with Gasteiger partial charge >= 0.3 is 0 Å². The number of alkyl halides is 1. The molecule has 1 unspecified atom stereocenters. The maximum atomic E-state index is 11.4. The van der Waals surface area contributed by atoms with Crippen LogP contribution in [-0.2, 0) is 4.74 Å². The van der Waals surface area contributed by atoms with Gasteiger partial charge in [0, 0.05) is 6.61 Å². The van der Waals surface area contributed by atoms with Crippen molar-refractivity contribution in [3.63, 3.8) is 0 Å². The van der Waals surface area contributed by atoms with Crippen LogP contribution in [0.15, 0.2) is 0 Å². The molecule has 0 aliphatic carbocycles. The molecule has 2 nitrogen and oxygen atoms in total. The minimum atomic E-state index is -0.935. The Labute approximate surface area is 48.3 Å². The van der Waals surface area contributed by atoms with Gasteiger partial charge in [-0.15, -0.1) is 0 Å². The SMILES string of the molecule is CCOCC(O)CF. The smallest absolute Gasteiger partial charge is 0.118 e. The van der Waals surface area contributed by atoms with Gasteiger partial charge in [0.25, 0.3) is 0 Å². The van der Waals surface area contributed by atoms with Crippen LogP contribution in [0.2, 0.25) is 0 Å². The van der Waals surface area contributed by atoms with E-state index in [1.54, 1.807) is 6.92 Å². The van der Waals surface area contributed by atoms with Crippen LogP contribution in [0.25, 0.3) is 0 Å². The molecule has 1 N–H and O–H groups in total. The molecular formula is C5H11FO2. The lowest BCUT2D eigenvalue weighted by molar-refractivity contribution is 0.0293. The summed E-state index contributed by atoms with van der Waals surface area (Å²) in [5.41, 5.74) is 0. The molecule has 0 heterocycles. The highest BCUT2D eigenvalue weighted by atomic mass is 19.1. The van der Waals surface area contributed by atoms with E-state index < -0.39 is 12.8 Å². The Balaban J connectivity index is 2.86. The predicted molar refractivity (Wildman–Crippen MR) is 28.5 cm³/mol. The summed E-state index contributed by atoms with van der Waals surface area (Å²) >= 11 is 0. The molecule has 3 heteroatoms. The monoisotopic (exact) mass is 122 g/mol. The maximum absolute atomic E-state index is 11.4. The summed E-state index contributed by atoms with van der Waals surface area (Å²) < 4.78 is 16.1. The fraction of sp³-hybridized carbons (Fsp3) is 1.00. The Morgan fingerprint density at radius 3 is 2.75 bits per heavy atom. The van der Waals surface area contributed by atoms with Gasteiger partial charge in [0.15, 0.2) is 0 Å². The van der Waals surface area contributed by atoms with Crippen molar-refractivity contribution in [1.82, 2.24) is 0 Å². The van der Waals surface area contributed by atoms with Crippen LogP contribution in [0.3, 0.4) is 0 Å². The average molecular weight is 122 g/mol. The number of halogens is 1. The van der Waals surface area contributed by atoms with Crippen LogP contribution in [0.4, 0.5) is 4.39 Å². The summed E-state index contributed by atoms with van der Waals surface area (Å²) in [5, 5.41) is 8.49. The third-order valence-electron chi connectivity index (χ3n) is 0.692. The van der Waals surface area contributed by atoms with Crippen molar-refractivity contribution in [1.29, 1.82) is 0 Å². The van der Waals surface area contributed by atoms with Crippen LogP contribution in [-0.4, -0.2) is 31.1 Å². The van der Waals surface area contributed by atoms with Crippen LogP contribution >= 0.6 is 0 Å². The van der Waals surface area contributed by atoms with E-state index in [2.05, 4.69) is 0 Å². The van der Waals surface area contributed by atoms with Crippen LogP contribution < -0.4 is 0 Å². The number of aliphatic hydroxyl groups is 1. The molecule has 0 spiro atoms. The fourth-order valence-corrected chi connectivity index (χ4v) is 0.298. The number of hydrogen-bond donors (Lipinski definition) is 1. The summed E-state index contributed by atoms with van der Waals surface area (Å²) in [5.74, 6) is 0. The molecule has 0 rings (SSSR count). The molecule has 50 valence electrons. The first-order valence-electron chi connectivity index (χ1n) is 2.63. The van der Waals surface area contributed by atoms with E-state index in [0.717, 1.165) is 0 Å². The second-order valence-electron chi connectivity index (χ2n) is 1.47. The second-order valence-corrected chi connectivity index (χ2v) is 1.47. The summed E-state index contributed by atoms with van der Waals surface area (Å²) in [7, 11) is 0. The maximum Gasteiger partial charge on any atom is 0.118 e. The van der Waals surface area contributed by atoms with Crippen LogP contribution in [0, 0.1) is 0 Å². The van der Waals surface area contributed by atoms with Crippen molar-refractivity contribution in [3.05, 3.63) is 0 Å². The van der Waals surface area contributed by atoms with Gasteiger partial charge in [0.2, 0.25) is 0 Å². The molecule has 0 bridgehead atoms. The first kappa shape index (κ1) is 7.85. The zero-order valence-corrected chi connectivity index (χ0v) is 4.93. The van der Waals surface area contributed by atoms with Gasteiger partial charge in [0.05, 0.1) is 6.61 Å². The largest absolute Gasteiger partial charge is 0.388 e. The minimum Gasteiger partial charge on any atom is -0.388 e. The van der Waals surface area contributed by atoms with Gasteiger partial charge in [-0.2, -0.15) is 0 Å². The van der Waals surface area contributed by atoms with Gasteiger partial charge < -0.3 is 9.84 Å². The van der Waals surface area contributed by atoms with Crippen molar-refractivity contribution in [3.8, 4) is 0 Å².